The molecule has 0 aliphatic heterocycles. The molecule has 2 aromatic heterocycles. The van der Waals surface area contributed by atoms with Crippen LogP contribution in [0, 0.1) is 5.82 Å². The Kier molecular flexibility index (Phi) is 5.84. The molecule has 0 aromatic carbocycles. The number of carbonyl (C=O) groups is 1. The molecule has 0 saturated heterocycles. The van der Waals surface area contributed by atoms with Gasteiger partial charge in [-0.1, -0.05) is 24.6 Å². The van der Waals surface area contributed by atoms with Crippen molar-refractivity contribution in [3.63, 3.8) is 0 Å². The third-order valence-corrected chi connectivity index (χ3v) is 3.87. The van der Waals surface area contributed by atoms with Gasteiger partial charge in [0.05, 0.1) is 11.6 Å². The Hall–Kier alpha value is -2.35. The molecule has 25 heavy (non-hydrogen) atoms. The number of aliphatic carboxylic acids is 1. The molecule has 0 fully saturated rings. The molecule has 9 heteroatoms. The number of halogens is 4. The van der Waals surface area contributed by atoms with Gasteiger partial charge in [-0.25, -0.2) is 9.37 Å². The molecule has 1 N–H and O–H groups in total. The summed E-state index contributed by atoms with van der Waals surface area (Å²) >= 11 is 5.83. The third-order valence-electron chi connectivity index (χ3n) is 3.57. The van der Waals surface area contributed by atoms with Crippen molar-refractivity contribution in [2.24, 2.45) is 0 Å². The molecule has 2 heterocycles. The summed E-state index contributed by atoms with van der Waals surface area (Å²) in [7, 11) is 0. The molecule has 0 spiro atoms. The second-order valence-electron chi connectivity index (χ2n) is 5.24. The topological polar surface area (TPSA) is 77.9 Å². The highest BCUT2D eigenvalue weighted by molar-refractivity contribution is 6.31. The lowest BCUT2D eigenvalue weighted by Crippen LogP contribution is -2.31. The van der Waals surface area contributed by atoms with Gasteiger partial charge in [0, 0.05) is 29.8 Å². The van der Waals surface area contributed by atoms with E-state index in [9.17, 15) is 23.1 Å². The Morgan fingerprint density at radius 1 is 1.40 bits per heavy atom. The number of rotatable bonds is 7. The van der Waals surface area contributed by atoms with Crippen LogP contribution < -0.4 is 10.4 Å². The van der Waals surface area contributed by atoms with Crippen LogP contribution in [0.5, 0.6) is 0 Å². The van der Waals surface area contributed by atoms with Crippen LogP contribution in [0.15, 0.2) is 30.6 Å². The lowest BCUT2D eigenvalue weighted by molar-refractivity contribution is -0.308. The van der Waals surface area contributed by atoms with Gasteiger partial charge in [0.15, 0.2) is 11.6 Å². The van der Waals surface area contributed by atoms with Crippen molar-refractivity contribution in [1.82, 2.24) is 9.97 Å². The highest BCUT2D eigenvalue weighted by Gasteiger charge is 2.33. The van der Waals surface area contributed by atoms with Gasteiger partial charge < -0.3 is 15.2 Å². The van der Waals surface area contributed by atoms with E-state index < -0.39 is 41.7 Å². The molecule has 0 aliphatic carbocycles. The summed E-state index contributed by atoms with van der Waals surface area (Å²) in [6, 6.07) is 4.04. The molecule has 134 valence electrons. The van der Waals surface area contributed by atoms with E-state index in [0.29, 0.717) is 0 Å². The first-order valence-electron chi connectivity index (χ1n) is 7.35. The fourth-order valence-electron chi connectivity index (χ4n) is 2.28. The second-order valence-corrected chi connectivity index (χ2v) is 5.64. The monoisotopic (exact) mass is 372 g/mol. The molecule has 2 rings (SSSR count). The second kappa shape index (κ2) is 7.69. The molecule has 0 bridgehead atoms. The molecule has 0 amide bonds. The number of hydrogen-bond donors (Lipinski definition) is 1. The zero-order valence-electron chi connectivity index (χ0n) is 13.1. The minimum atomic E-state index is -3.38. The molecule has 1 atom stereocenters. The van der Waals surface area contributed by atoms with Gasteiger partial charge in [-0.3, -0.25) is 4.98 Å². The van der Waals surface area contributed by atoms with E-state index in [0.717, 1.165) is 12.3 Å². The van der Waals surface area contributed by atoms with E-state index in [1.165, 1.54) is 25.3 Å². The van der Waals surface area contributed by atoms with Gasteiger partial charge in [0.2, 0.25) is 0 Å². The first-order chi connectivity index (χ1) is 11.8. The van der Waals surface area contributed by atoms with E-state index in [-0.39, 0.29) is 17.0 Å². The number of anilines is 1. The summed E-state index contributed by atoms with van der Waals surface area (Å²) in [6.07, 6.45) is 2.24. The predicted octanol–water partition coefficient (Wildman–Crippen LogP) is 2.72. The predicted molar refractivity (Wildman–Crippen MR) is 83.9 cm³/mol. The normalized spacial score (nSPS) is 12.7. The smallest absolute Gasteiger partial charge is 0.306 e. The minimum absolute atomic E-state index is 0.0204. The van der Waals surface area contributed by atoms with Gasteiger partial charge in [-0.05, 0) is 18.6 Å². The van der Waals surface area contributed by atoms with Gasteiger partial charge in [-0.2, -0.15) is 8.78 Å². The van der Waals surface area contributed by atoms with Crippen molar-refractivity contribution in [2.45, 2.75) is 25.2 Å². The van der Waals surface area contributed by atoms with Gasteiger partial charge >= 0.3 is 5.92 Å². The van der Waals surface area contributed by atoms with Crippen LogP contribution in [0.4, 0.5) is 19.0 Å². The van der Waals surface area contributed by atoms with Crippen molar-refractivity contribution in [3.8, 4) is 0 Å². The lowest BCUT2D eigenvalue weighted by atomic mass is 9.97. The standard InChI is InChI=1S/C16H15ClF3N3O2/c1-2-9(15(24)25)12-10(17)7-22-14(13(12)18)23-8-16(19,20)11-5-3-4-6-21-11/h3-7,9H,2,8H2,1H3,(H,22,23)(H,24,25)/p-1. The molecule has 0 radical (unpaired) electrons. The Bertz CT molecular complexity index is 760. The zero-order valence-corrected chi connectivity index (χ0v) is 13.9. The van der Waals surface area contributed by atoms with Crippen LogP contribution in [0.3, 0.4) is 0 Å². The van der Waals surface area contributed by atoms with Gasteiger partial charge in [0.25, 0.3) is 0 Å². The molecule has 1 unspecified atom stereocenters. The van der Waals surface area contributed by atoms with E-state index in [4.69, 9.17) is 11.6 Å². The highest BCUT2D eigenvalue weighted by Crippen LogP contribution is 2.33. The number of aromatic nitrogens is 2. The fourth-order valence-corrected chi connectivity index (χ4v) is 2.54. The summed E-state index contributed by atoms with van der Waals surface area (Å²) in [5.74, 6) is -7.82. The van der Waals surface area contributed by atoms with Crippen molar-refractivity contribution < 1.29 is 23.1 Å². The fraction of sp³-hybridized carbons (Fsp3) is 0.312. The van der Waals surface area contributed by atoms with Crippen LogP contribution in [-0.2, 0) is 10.7 Å². The van der Waals surface area contributed by atoms with Gasteiger partial charge in [0.1, 0.15) is 5.69 Å². The van der Waals surface area contributed by atoms with E-state index in [1.807, 2.05) is 0 Å². The maximum Gasteiger partial charge on any atom is 0.306 e. The maximum absolute atomic E-state index is 14.5. The van der Waals surface area contributed by atoms with Crippen LogP contribution >= 0.6 is 11.6 Å². The Morgan fingerprint density at radius 2 is 2.12 bits per heavy atom. The van der Waals surface area contributed by atoms with Crippen LogP contribution in [-0.4, -0.2) is 22.5 Å². The minimum Gasteiger partial charge on any atom is -0.549 e. The molecule has 0 aliphatic rings. The first kappa shape index (κ1) is 19.0. The molecular weight excluding hydrogens is 359 g/mol. The summed E-state index contributed by atoms with van der Waals surface area (Å²) in [4.78, 5) is 18.3. The SMILES string of the molecule is CCC(C(=O)[O-])c1c(Cl)cnc(NCC(F)(F)c2ccccn2)c1F. The van der Waals surface area contributed by atoms with Crippen molar-refractivity contribution >= 4 is 23.4 Å². The molecule has 0 saturated carbocycles. The number of nitrogens with zero attached hydrogens (tertiary/aromatic N) is 2. The number of nitrogens with one attached hydrogen (secondary N) is 1. The summed E-state index contributed by atoms with van der Waals surface area (Å²) in [5.41, 5.74) is -0.832. The van der Waals surface area contributed by atoms with Crippen LogP contribution in [0.1, 0.15) is 30.5 Å². The Labute approximate surface area is 146 Å². The van der Waals surface area contributed by atoms with Crippen LogP contribution in [0.25, 0.3) is 0 Å². The first-order valence-corrected chi connectivity index (χ1v) is 7.73. The lowest BCUT2D eigenvalue weighted by Gasteiger charge is -2.21. The number of carboxylic acid groups (broad SMARTS) is 1. The van der Waals surface area contributed by atoms with Gasteiger partial charge in [-0.15, -0.1) is 0 Å². The third kappa shape index (κ3) is 4.19. The Morgan fingerprint density at radius 3 is 2.68 bits per heavy atom. The number of alkyl halides is 2. The average molecular weight is 373 g/mol. The molecule has 5 nitrogen and oxygen atoms in total. The maximum atomic E-state index is 14.5. The number of hydrogen-bond acceptors (Lipinski definition) is 5. The molecule has 2 aromatic rings. The summed E-state index contributed by atoms with van der Waals surface area (Å²) < 4.78 is 42.7. The van der Waals surface area contributed by atoms with E-state index in [2.05, 4.69) is 15.3 Å². The summed E-state index contributed by atoms with van der Waals surface area (Å²) in [5, 5.41) is 13.1. The number of carboxylic acids is 1. The van der Waals surface area contributed by atoms with E-state index in [1.54, 1.807) is 0 Å². The Balaban J connectivity index is 2.28. The van der Waals surface area contributed by atoms with E-state index >= 15 is 0 Å². The van der Waals surface area contributed by atoms with Crippen molar-refractivity contribution in [3.05, 3.63) is 52.7 Å². The number of pyridine rings is 2. The summed E-state index contributed by atoms with van der Waals surface area (Å²) in [6.45, 7) is 0.538. The zero-order chi connectivity index (χ0) is 18.6. The highest BCUT2D eigenvalue weighted by atomic mass is 35.5. The molecular formula is C16H14ClF3N3O2-. The quantitative estimate of drug-likeness (QED) is 0.808. The average Bonchev–Trinajstić information content (AvgIpc) is 2.58. The van der Waals surface area contributed by atoms with Crippen LogP contribution in [0.2, 0.25) is 5.02 Å². The number of carbonyl (C=O) groups excluding carboxylic acids is 1. The largest absolute Gasteiger partial charge is 0.549 e. The van der Waals surface area contributed by atoms with Crippen molar-refractivity contribution in [1.29, 1.82) is 0 Å². The van der Waals surface area contributed by atoms with Crippen molar-refractivity contribution in [2.75, 3.05) is 11.9 Å².